The van der Waals surface area contributed by atoms with Crippen LogP contribution in [0.4, 0.5) is 10.8 Å². The highest BCUT2D eigenvalue weighted by atomic mass is 32.1. The fourth-order valence-electron chi connectivity index (χ4n) is 2.14. The fraction of sp³-hybridized carbons (Fsp3) is 0.412. The van der Waals surface area contributed by atoms with Crippen LogP contribution in [0.1, 0.15) is 36.7 Å². The van der Waals surface area contributed by atoms with Crippen molar-refractivity contribution in [2.75, 3.05) is 26.1 Å². The normalized spacial score (nSPS) is 10.3. The highest BCUT2D eigenvalue weighted by Gasteiger charge is 2.11. The van der Waals surface area contributed by atoms with Crippen molar-refractivity contribution < 1.29 is 14.3 Å². The first-order valence-electron chi connectivity index (χ1n) is 7.90. The van der Waals surface area contributed by atoms with E-state index < -0.39 is 0 Å². The van der Waals surface area contributed by atoms with E-state index in [9.17, 15) is 4.79 Å². The molecule has 7 heteroatoms. The Morgan fingerprint density at radius 1 is 1.21 bits per heavy atom. The van der Waals surface area contributed by atoms with Crippen molar-refractivity contribution in [2.45, 2.75) is 26.2 Å². The summed E-state index contributed by atoms with van der Waals surface area (Å²) >= 11 is 1.38. The van der Waals surface area contributed by atoms with Gasteiger partial charge in [-0.3, -0.25) is 4.79 Å². The molecule has 0 unspecified atom stereocenters. The first kappa shape index (κ1) is 18.1. The summed E-state index contributed by atoms with van der Waals surface area (Å²) < 4.78 is 10.5. The molecule has 2 N–H and O–H groups in total. The van der Waals surface area contributed by atoms with Crippen LogP contribution < -0.4 is 20.1 Å². The Morgan fingerprint density at radius 2 is 2.00 bits per heavy atom. The number of amides is 1. The lowest BCUT2D eigenvalue weighted by Crippen LogP contribution is -2.24. The topological polar surface area (TPSA) is 72.5 Å². The van der Waals surface area contributed by atoms with Gasteiger partial charge in [-0.25, -0.2) is 4.98 Å². The van der Waals surface area contributed by atoms with E-state index in [0.717, 1.165) is 24.9 Å². The van der Waals surface area contributed by atoms with Gasteiger partial charge in [-0.15, -0.1) is 11.3 Å². The number of hydrogen-bond donors (Lipinski definition) is 2. The van der Waals surface area contributed by atoms with Gasteiger partial charge in [-0.1, -0.05) is 19.8 Å². The van der Waals surface area contributed by atoms with Gasteiger partial charge in [0.1, 0.15) is 5.69 Å². The zero-order valence-electron chi connectivity index (χ0n) is 14.2. The number of aromatic nitrogens is 1. The molecule has 0 aliphatic heterocycles. The lowest BCUT2D eigenvalue weighted by atomic mass is 10.2. The van der Waals surface area contributed by atoms with Crippen molar-refractivity contribution in [2.24, 2.45) is 0 Å². The van der Waals surface area contributed by atoms with Crippen LogP contribution in [0.15, 0.2) is 23.6 Å². The molecule has 24 heavy (non-hydrogen) atoms. The number of nitrogens with one attached hydrogen (secondary N) is 2. The van der Waals surface area contributed by atoms with E-state index in [-0.39, 0.29) is 5.91 Å². The number of unbranched alkanes of at least 4 members (excludes halogenated alkanes) is 2. The Bertz CT molecular complexity index is 673. The number of rotatable bonds is 9. The zero-order chi connectivity index (χ0) is 17.4. The van der Waals surface area contributed by atoms with Gasteiger partial charge in [0.05, 0.1) is 14.2 Å². The number of methoxy groups -OCH3 is 2. The van der Waals surface area contributed by atoms with Crippen LogP contribution in [0.3, 0.4) is 0 Å². The second-order valence-electron chi connectivity index (χ2n) is 5.20. The van der Waals surface area contributed by atoms with Crippen LogP contribution in [0.2, 0.25) is 0 Å². The fourth-order valence-corrected chi connectivity index (χ4v) is 2.85. The van der Waals surface area contributed by atoms with Gasteiger partial charge < -0.3 is 20.1 Å². The minimum atomic E-state index is -0.136. The maximum atomic E-state index is 12.0. The van der Waals surface area contributed by atoms with Crippen LogP contribution in [0.25, 0.3) is 0 Å². The molecule has 1 heterocycles. The third kappa shape index (κ3) is 4.86. The summed E-state index contributed by atoms with van der Waals surface area (Å²) in [6.45, 7) is 2.82. The van der Waals surface area contributed by atoms with Crippen LogP contribution >= 0.6 is 11.3 Å². The SMILES string of the molecule is CCCCCNC(=O)c1csc(Nc2ccc(OC)c(OC)c2)n1. The molecule has 6 nitrogen and oxygen atoms in total. The van der Waals surface area contributed by atoms with Crippen LogP contribution in [0.5, 0.6) is 11.5 Å². The van der Waals surface area contributed by atoms with Gasteiger partial charge in [0.15, 0.2) is 16.6 Å². The molecule has 0 saturated heterocycles. The number of ether oxygens (including phenoxy) is 2. The van der Waals surface area contributed by atoms with Gasteiger partial charge in [0, 0.05) is 23.7 Å². The highest BCUT2D eigenvalue weighted by molar-refractivity contribution is 7.14. The van der Waals surface area contributed by atoms with Crippen molar-refractivity contribution in [1.82, 2.24) is 10.3 Å². The summed E-state index contributed by atoms with van der Waals surface area (Å²) in [7, 11) is 3.18. The lowest BCUT2D eigenvalue weighted by Gasteiger charge is -2.09. The number of hydrogen-bond acceptors (Lipinski definition) is 6. The Hall–Kier alpha value is -2.28. The Balaban J connectivity index is 1.97. The van der Waals surface area contributed by atoms with E-state index in [1.54, 1.807) is 19.6 Å². The van der Waals surface area contributed by atoms with Crippen LogP contribution in [0, 0.1) is 0 Å². The number of carbonyl (C=O) groups excluding carboxylic acids is 1. The molecule has 0 bridgehead atoms. The summed E-state index contributed by atoms with van der Waals surface area (Å²) in [5.74, 6) is 1.16. The third-order valence-corrected chi connectivity index (χ3v) is 4.20. The largest absolute Gasteiger partial charge is 0.493 e. The number of thiazole rings is 1. The standard InChI is InChI=1S/C17H23N3O3S/c1-4-5-6-9-18-16(21)13-11-24-17(20-13)19-12-7-8-14(22-2)15(10-12)23-3/h7-8,10-11H,4-6,9H2,1-3H3,(H,18,21)(H,19,20). The van der Waals surface area contributed by atoms with Crippen LogP contribution in [-0.4, -0.2) is 31.7 Å². The predicted molar refractivity (Wildman–Crippen MR) is 96.8 cm³/mol. The monoisotopic (exact) mass is 349 g/mol. The molecule has 0 saturated carbocycles. The van der Waals surface area contributed by atoms with Crippen molar-refractivity contribution in [3.05, 3.63) is 29.3 Å². The first-order chi connectivity index (χ1) is 11.7. The second-order valence-corrected chi connectivity index (χ2v) is 6.05. The van der Waals surface area contributed by atoms with E-state index >= 15 is 0 Å². The summed E-state index contributed by atoms with van der Waals surface area (Å²) in [6, 6.07) is 5.51. The average Bonchev–Trinajstić information content (AvgIpc) is 3.07. The van der Waals surface area contributed by atoms with Crippen molar-refractivity contribution in [1.29, 1.82) is 0 Å². The smallest absolute Gasteiger partial charge is 0.270 e. The second kappa shape index (κ2) is 9.12. The molecule has 0 aliphatic rings. The van der Waals surface area contributed by atoms with Gasteiger partial charge >= 0.3 is 0 Å². The molecule has 0 fully saturated rings. The van der Waals surface area contributed by atoms with E-state index in [0.29, 0.717) is 28.9 Å². The Kier molecular flexibility index (Phi) is 6.87. The summed E-state index contributed by atoms with van der Waals surface area (Å²) in [5, 5.41) is 8.46. The van der Waals surface area contributed by atoms with E-state index in [1.807, 2.05) is 18.2 Å². The molecule has 2 aromatic rings. The van der Waals surface area contributed by atoms with Gasteiger partial charge in [0.2, 0.25) is 0 Å². The minimum Gasteiger partial charge on any atom is -0.493 e. The first-order valence-corrected chi connectivity index (χ1v) is 8.78. The summed E-state index contributed by atoms with van der Waals surface area (Å²) in [5.41, 5.74) is 1.25. The molecule has 1 amide bonds. The molecular formula is C17H23N3O3S. The van der Waals surface area contributed by atoms with E-state index in [1.165, 1.54) is 11.3 Å². The predicted octanol–water partition coefficient (Wildman–Crippen LogP) is 3.82. The Morgan fingerprint density at radius 3 is 2.71 bits per heavy atom. The molecule has 1 aromatic heterocycles. The minimum absolute atomic E-state index is 0.136. The molecule has 0 aliphatic carbocycles. The summed E-state index contributed by atoms with van der Waals surface area (Å²) in [4.78, 5) is 16.4. The van der Waals surface area contributed by atoms with Gasteiger partial charge in [0.25, 0.3) is 5.91 Å². The van der Waals surface area contributed by atoms with Crippen molar-refractivity contribution in [3.63, 3.8) is 0 Å². The van der Waals surface area contributed by atoms with Gasteiger partial charge in [-0.05, 0) is 18.6 Å². The van der Waals surface area contributed by atoms with E-state index in [4.69, 9.17) is 9.47 Å². The average molecular weight is 349 g/mol. The van der Waals surface area contributed by atoms with Crippen LogP contribution in [-0.2, 0) is 0 Å². The Labute approximate surface area is 146 Å². The number of benzene rings is 1. The number of nitrogens with zero attached hydrogens (tertiary/aromatic N) is 1. The molecular weight excluding hydrogens is 326 g/mol. The van der Waals surface area contributed by atoms with Crippen molar-refractivity contribution in [3.8, 4) is 11.5 Å². The lowest BCUT2D eigenvalue weighted by molar-refractivity contribution is 0.0949. The maximum absolute atomic E-state index is 12.0. The quantitative estimate of drug-likeness (QED) is 0.673. The number of anilines is 2. The zero-order valence-corrected chi connectivity index (χ0v) is 15.0. The highest BCUT2D eigenvalue weighted by Crippen LogP contribution is 2.31. The van der Waals surface area contributed by atoms with Gasteiger partial charge in [-0.2, -0.15) is 0 Å². The molecule has 1 aromatic carbocycles. The molecule has 0 spiro atoms. The molecule has 0 radical (unpaired) electrons. The van der Waals surface area contributed by atoms with Crippen molar-refractivity contribution >= 4 is 28.1 Å². The molecule has 130 valence electrons. The molecule has 0 atom stereocenters. The molecule has 2 rings (SSSR count). The van der Waals surface area contributed by atoms with E-state index in [2.05, 4.69) is 22.5 Å². The third-order valence-electron chi connectivity index (χ3n) is 3.44. The number of carbonyl (C=O) groups is 1. The maximum Gasteiger partial charge on any atom is 0.270 e. The summed E-state index contributed by atoms with van der Waals surface area (Å²) in [6.07, 6.45) is 3.23.